The van der Waals surface area contributed by atoms with Gasteiger partial charge in [-0.05, 0) is 24.8 Å². The molecule has 2 nitrogen and oxygen atoms in total. The largest absolute Gasteiger partial charge is 0.370 e. The molecule has 1 aromatic rings. The highest BCUT2D eigenvalue weighted by molar-refractivity contribution is 6.01. The first-order chi connectivity index (χ1) is 7.83. The number of ether oxygens (including phenoxy) is 1. The summed E-state index contributed by atoms with van der Waals surface area (Å²) in [5.41, 5.74) is 2.03. The number of rotatable bonds is 4. The van der Waals surface area contributed by atoms with Crippen molar-refractivity contribution in [3.8, 4) is 0 Å². The maximum atomic E-state index is 12.1. The fourth-order valence-electron chi connectivity index (χ4n) is 2.10. The molecule has 0 radical (unpaired) electrons. The predicted octanol–water partition coefficient (Wildman–Crippen LogP) is 3.00. The average molecular weight is 218 g/mol. The predicted molar refractivity (Wildman–Crippen MR) is 63.7 cm³/mol. The van der Waals surface area contributed by atoms with Crippen LogP contribution >= 0.6 is 0 Å². The van der Waals surface area contributed by atoms with Gasteiger partial charge in [0.1, 0.15) is 6.10 Å². The zero-order chi connectivity index (χ0) is 11.4. The molecular weight excluding hydrogens is 200 g/mol. The van der Waals surface area contributed by atoms with Gasteiger partial charge in [0.2, 0.25) is 0 Å². The third-order valence-corrected chi connectivity index (χ3v) is 3.07. The van der Waals surface area contributed by atoms with Gasteiger partial charge in [-0.25, -0.2) is 0 Å². The van der Waals surface area contributed by atoms with E-state index >= 15 is 0 Å². The van der Waals surface area contributed by atoms with Crippen LogP contribution in [-0.2, 0) is 11.2 Å². The molecule has 0 fully saturated rings. The van der Waals surface area contributed by atoms with E-state index in [1.54, 1.807) is 0 Å². The minimum atomic E-state index is -0.207. The van der Waals surface area contributed by atoms with Crippen LogP contribution < -0.4 is 0 Å². The molecule has 1 aliphatic rings. The van der Waals surface area contributed by atoms with E-state index in [4.69, 9.17) is 4.74 Å². The van der Waals surface area contributed by atoms with Crippen molar-refractivity contribution in [3.63, 3.8) is 0 Å². The summed E-state index contributed by atoms with van der Waals surface area (Å²) in [7, 11) is 0. The van der Waals surface area contributed by atoms with Crippen LogP contribution in [0.25, 0.3) is 0 Å². The highest BCUT2D eigenvalue weighted by atomic mass is 16.5. The van der Waals surface area contributed by atoms with Crippen molar-refractivity contribution in [3.05, 3.63) is 35.4 Å². The topological polar surface area (TPSA) is 26.3 Å². The third-order valence-electron chi connectivity index (χ3n) is 3.07. The van der Waals surface area contributed by atoms with Crippen molar-refractivity contribution in [1.29, 1.82) is 0 Å². The van der Waals surface area contributed by atoms with Gasteiger partial charge in [0.05, 0.1) is 0 Å². The second-order valence-electron chi connectivity index (χ2n) is 4.27. The van der Waals surface area contributed by atoms with E-state index in [0.717, 1.165) is 31.2 Å². The number of aryl methyl sites for hydroxylation is 1. The van der Waals surface area contributed by atoms with Gasteiger partial charge in [-0.1, -0.05) is 37.6 Å². The van der Waals surface area contributed by atoms with Crippen LogP contribution in [0.1, 0.15) is 42.1 Å². The zero-order valence-corrected chi connectivity index (χ0v) is 9.74. The molecule has 16 heavy (non-hydrogen) atoms. The Morgan fingerprint density at radius 1 is 1.38 bits per heavy atom. The Kier molecular flexibility index (Phi) is 3.73. The lowest BCUT2D eigenvalue weighted by Crippen LogP contribution is -2.30. The number of unbranched alkanes of at least 4 members (excludes halogenated alkanes) is 1. The summed E-state index contributed by atoms with van der Waals surface area (Å²) in [4.78, 5) is 12.1. The molecule has 0 aromatic heterocycles. The van der Waals surface area contributed by atoms with Crippen molar-refractivity contribution in [1.82, 2.24) is 0 Å². The maximum Gasteiger partial charge on any atom is 0.191 e. The molecule has 0 heterocycles. The van der Waals surface area contributed by atoms with E-state index in [9.17, 15) is 4.79 Å². The molecular formula is C14H18O2. The minimum Gasteiger partial charge on any atom is -0.370 e. The van der Waals surface area contributed by atoms with Gasteiger partial charge in [0, 0.05) is 12.2 Å². The number of fused-ring (bicyclic) bond motifs is 1. The average Bonchev–Trinajstić information content (AvgIpc) is 2.33. The molecule has 1 atom stereocenters. The normalized spacial score (nSPS) is 19.6. The van der Waals surface area contributed by atoms with E-state index in [0.29, 0.717) is 6.61 Å². The first-order valence-electron chi connectivity index (χ1n) is 6.06. The summed E-state index contributed by atoms with van der Waals surface area (Å²) in [6.07, 6.45) is 3.72. The number of ketones is 1. The van der Waals surface area contributed by atoms with Crippen LogP contribution in [0.2, 0.25) is 0 Å². The molecule has 0 spiro atoms. The number of Topliss-reactive ketones (excluding diaryl/α,β-unsaturated/α-hetero) is 1. The van der Waals surface area contributed by atoms with E-state index in [2.05, 4.69) is 6.92 Å². The lowest BCUT2D eigenvalue weighted by Gasteiger charge is -2.23. The lowest BCUT2D eigenvalue weighted by atomic mass is 9.89. The Morgan fingerprint density at radius 2 is 2.19 bits per heavy atom. The number of hydrogen-bond donors (Lipinski definition) is 0. The van der Waals surface area contributed by atoms with Crippen molar-refractivity contribution in [2.24, 2.45) is 0 Å². The smallest absolute Gasteiger partial charge is 0.191 e. The number of carbonyl (C=O) groups excluding carboxylic acids is 1. The van der Waals surface area contributed by atoms with Crippen LogP contribution in [0.5, 0.6) is 0 Å². The molecule has 0 N–H and O–H groups in total. The van der Waals surface area contributed by atoms with Crippen molar-refractivity contribution in [2.75, 3.05) is 6.61 Å². The summed E-state index contributed by atoms with van der Waals surface area (Å²) in [6, 6.07) is 7.86. The van der Waals surface area contributed by atoms with Gasteiger partial charge in [0.15, 0.2) is 5.78 Å². The van der Waals surface area contributed by atoms with E-state index < -0.39 is 0 Å². The zero-order valence-electron chi connectivity index (χ0n) is 9.74. The van der Waals surface area contributed by atoms with E-state index in [1.807, 2.05) is 24.3 Å². The van der Waals surface area contributed by atoms with Gasteiger partial charge in [-0.3, -0.25) is 4.79 Å². The SMILES string of the molecule is CCCCOC1CCc2ccccc2C1=O. The Hall–Kier alpha value is -1.15. The molecule has 2 rings (SSSR count). The molecule has 0 saturated carbocycles. The van der Waals surface area contributed by atoms with Crippen LogP contribution in [-0.4, -0.2) is 18.5 Å². The Morgan fingerprint density at radius 3 is 3.00 bits per heavy atom. The third kappa shape index (κ3) is 2.33. The molecule has 0 bridgehead atoms. The van der Waals surface area contributed by atoms with Crippen molar-refractivity contribution in [2.45, 2.75) is 38.7 Å². The lowest BCUT2D eigenvalue weighted by molar-refractivity contribution is 0.0347. The Balaban J connectivity index is 2.03. The Labute approximate surface area is 96.6 Å². The first kappa shape index (κ1) is 11.3. The van der Waals surface area contributed by atoms with Gasteiger partial charge in [-0.15, -0.1) is 0 Å². The molecule has 0 amide bonds. The molecule has 86 valence electrons. The molecule has 0 saturated heterocycles. The van der Waals surface area contributed by atoms with Crippen LogP contribution in [0.15, 0.2) is 24.3 Å². The van der Waals surface area contributed by atoms with Crippen molar-refractivity contribution < 1.29 is 9.53 Å². The summed E-state index contributed by atoms with van der Waals surface area (Å²) in [6.45, 7) is 2.83. The fraction of sp³-hybridized carbons (Fsp3) is 0.500. The fourth-order valence-corrected chi connectivity index (χ4v) is 2.10. The molecule has 0 aliphatic heterocycles. The molecule has 2 heteroatoms. The van der Waals surface area contributed by atoms with Crippen LogP contribution in [0.4, 0.5) is 0 Å². The molecule has 1 unspecified atom stereocenters. The van der Waals surface area contributed by atoms with Gasteiger partial charge in [0.25, 0.3) is 0 Å². The highest BCUT2D eigenvalue weighted by Gasteiger charge is 2.27. The second kappa shape index (κ2) is 5.26. The number of carbonyl (C=O) groups is 1. The van der Waals surface area contributed by atoms with E-state index in [1.165, 1.54) is 5.56 Å². The minimum absolute atomic E-state index is 0.165. The maximum absolute atomic E-state index is 12.1. The number of benzene rings is 1. The van der Waals surface area contributed by atoms with Crippen LogP contribution in [0.3, 0.4) is 0 Å². The van der Waals surface area contributed by atoms with Gasteiger partial charge >= 0.3 is 0 Å². The van der Waals surface area contributed by atoms with Gasteiger partial charge in [-0.2, -0.15) is 0 Å². The highest BCUT2D eigenvalue weighted by Crippen LogP contribution is 2.23. The van der Waals surface area contributed by atoms with E-state index in [-0.39, 0.29) is 11.9 Å². The summed E-state index contributed by atoms with van der Waals surface area (Å²) >= 11 is 0. The summed E-state index contributed by atoms with van der Waals surface area (Å²) in [5.74, 6) is 0.165. The second-order valence-corrected chi connectivity index (χ2v) is 4.27. The first-order valence-corrected chi connectivity index (χ1v) is 6.06. The van der Waals surface area contributed by atoms with Crippen LogP contribution in [0, 0.1) is 0 Å². The summed E-state index contributed by atoms with van der Waals surface area (Å²) in [5, 5.41) is 0. The molecule has 1 aromatic carbocycles. The quantitative estimate of drug-likeness (QED) is 0.726. The molecule has 1 aliphatic carbocycles. The van der Waals surface area contributed by atoms with Gasteiger partial charge < -0.3 is 4.74 Å². The standard InChI is InChI=1S/C14H18O2/c1-2-3-10-16-13-9-8-11-6-4-5-7-12(11)14(13)15/h4-7,13H,2-3,8-10H2,1H3. The van der Waals surface area contributed by atoms with Crippen molar-refractivity contribution >= 4 is 5.78 Å². The number of hydrogen-bond acceptors (Lipinski definition) is 2. The monoisotopic (exact) mass is 218 g/mol. The summed E-state index contributed by atoms with van der Waals surface area (Å²) < 4.78 is 5.64. The Bertz CT molecular complexity index is 371.